The van der Waals surface area contributed by atoms with Gasteiger partial charge in [-0.1, -0.05) is 30.3 Å². The molecule has 0 radical (unpaired) electrons. The first kappa shape index (κ1) is 24.3. The Hall–Kier alpha value is -3.45. The van der Waals surface area contributed by atoms with Crippen molar-refractivity contribution in [1.29, 1.82) is 0 Å². The molecule has 1 fully saturated rings. The van der Waals surface area contributed by atoms with Gasteiger partial charge in [-0.2, -0.15) is 5.10 Å². The lowest BCUT2D eigenvalue weighted by Crippen LogP contribution is -2.58. The number of aromatic nitrogens is 3. The monoisotopic (exact) mass is 505 g/mol. The molecule has 0 bridgehead atoms. The van der Waals surface area contributed by atoms with Crippen LogP contribution in [0.1, 0.15) is 25.0 Å². The van der Waals surface area contributed by atoms with Crippen molar-refractivity contribution < 1.29 is 9.18 Å². The van der Waals surface area contributed by atoms with Gasteiger partial charge >= 0.3 is 0 Å². The number of pyridine rings is 1. The molecule has 2 aromatic carbocycles. The normalized spacial score (nSPS) is 18.3. The Kier molecular flexibility index (Phi) is 5.99. The summed E-state index contributed by atoms with van der Waals surface area (Å²) in [5, 5.41) is 6.27. The molecule has 1 saturated heterocycles. The molecule has 1 amide bonds. The zero-order valence-electron chi connectivity index (χ0n) is 21.1. The molecule has 0 unspecified atom stereocenters. The summed E-state index contributed by atoms with van der Waals surface area (Å²) in [6.07, 6.45) is 4.84. The number of amides is 1. The summed E-state index contributed by atoms with van der Waals surface area (Å²) in [4.78, 5) is 21.0. The summed E-state index contributed by atoms with van der Waals surface area (Å²) < 4.78 is 18.1. The van der Waals surface area contributed by atoms with E-state index in [-0.39, 0.29) is 23.5 Å². The topological polar surface area (TPSA) is 54.3 Å². The summed E-state index contributed by atoms with van der Waals surface area (Å²) in [5.41, 5.74) is 4.89. The highest BCUT2D eigenvalue weighted by Crippen LogP contribution is 2.43. The van der Waals surface area contributed by atoms with Crippen LogP contribution >= 0.6 is 11.6 Å². The Labute approximate surface area is 215 Å². The summed E-state index contributed by atoms with van der Waals surface area (Å²) in [6, 6.07) is 5.70. The van der Waals surface area contributed by atoms with Crippen molar-refractivity contribution >= 4 is 45.0 Å². The second kappa shape index (κ2) is 8.89. The zero-order valence-corrected chi connectivity index (χ0v) is 21.9. The lowest BCUT2D eigenvalue weighted by molar-refractivity contribution is -0.130. The number of nitrogens with zero attached hydrogens (tertiary/aromatic N) is 5. The van der Waals surface area contributed by atoms with E-state index in [9.17, 15) is 4.79 Å². The van der Waals surface area contributed by atoms with Crippen LogP contribution < -0.4 is 4.90 Å². The molecule has 0 aliphatic carbocycles. The maximum absolute atomic E-state index is 16.3. The number of aryl methyl sites for hydroxylation is 3. The van der Waals surface area contributed by atoms with E-state index in [0.29, 0.717) is 29.1 Å². The van der Waals surface area contributed by atoms with Crippen LogP contribution in [0.25, 0.3) is 32.9 Å². The average Bonchev–Trinajstić information content (AvgIpc) is 3.20. The van der Waals surface area contributed by atoms with Crippen LogP contribution in [0.15, 0.2) is 43.2 Å². The third-order valence-corrected chi connectivity index (χ3v) is 7.53. The fourth-order valence-corrected chi connectivity index (χ4v) is 6.01. The van der Waals surface area contributed by atoms with E-state index in [4.69, 9.17) is 11.6 Å². The molecular weight excluding hydrogens is 477 g/mol. The van der Waals surface area contributed by atoms with E-state index >= 15 is 4.39 Å². The third kappa shape index (κ3) is 3.64. The van der Waals surface area contributed by atoms with Crippen LogP contribution in [0.5, 0.6) is 0 Å². The quantitative estimate of drug-likeness (QED) is 0.330. The first-order valence-corrected chi connectivity index (χ1v) is 12.4. The van der Waals surface area contributed by atoms with Crippen LogP contribution in [0.3, 0.4) is 0 Å². The number of carbonyl (C=O) groups excluding carboxylic acids is 1. The largest absolute Gasteiger partial charge is 0.367 e. The molecule has 8 heteroatoms. The molecule has 1 aliphatic heterocycles. The molecule has 2 atom stereocenters. The van der Waals surface area contributed by atoms with Crippen LogP contribution in [0, 0.1) is 19.7 Å². The summed E-state index contributed by atoms with van der Waals surface area (Å²) in [7, 11) is 1.84. The first-order chi connectivity index (χ1) is 17.1. The van der Waals surface area contributed by atoms with Gasteiger partial charge in [0.1, 0.15) is 5.52 Å². The van der Waals surface area contributed by atoms with Crippen LogP contribution in [0.2, 0.25) is 5.02 Å². The predicted molar refractivity (Wildman–Crippen MR) is 144 cm³/mol. The van der Waals surface area contributed by atoms with E-state index in [1.807, 2.05) is 57.8 Å². The Balaban J connectivity index is 1.70. The van der Waals surface area contributed by atoms with Gasteiger partial charge in [-0.25, -0.2) is 4.39 Å². The minimum Gasteiger partial charge on any atom is -0.367 e. The molecule has 186 valence electrons. The van der Waals surface area contributed by atoms with Gasteiger partial charge in [0.2, 0.25) is 5.91 Å². The molecule has 2 aromatic heterocycles. The van der Waals surface area contributed by atoms with E-state index in [0.717, 1.165) is 33.3 Å². The number of benzene rings is 2. The van der Waals surface area contributed by atoms with Crippen molar-refractivity contribution in [2.24, 2.45) is 7.05 Å². The van der Waals surface area contributed by atoms with Gasteiger partial charge < -0.3 is 9.80 Å². The second-order valence-electron chi connectivity index (χ2n) is 9.75. The number of anilines is 1. The van der Waals surface area contributed by atoms with Crippen molar-refractivity contribution in [3.05, 3.63) is 65.2 Å². The number of piperazine rings is 1. The highest BCUT2D eigenvalue weighted by Gasteiger charge is 2.33. The SMILES string of the molecule is C=CC(=O)N1[C@H](C)CN(c2c(C)cnc3c(F)c(-c4c(C)ccc5cnn(C)c45)c(Cl)cc23)C[C@@H]1C. The average molecular weight is 506 g/mol. The van der Waals surface area contributed by atoms with Gasteiger partial charge in [-0.3, -0.25) is 14.5 Å². The van der Waals surface area contributed by atoms with Crippen molar-refractivity contribution in [2.45, 2.75) is 39.8 Å². The Morgan fingerprint density at radius 1 is 1.14 bits per heavy atom. The molecule has 36 heavy (non-hydrogen) atoms. The lowest BCUT2D eigenvalue weighted by atomic mass is 9.95. The molecule has 5 rings (SSSR count). The maximum Gasteiger partial charge on any atom is 0.246 e. The van der Waals surface area contributed by atoms with E-state index in [2.05, 4.69) is 21.6 Å². The molecule has 1 aliphatic rings. The fourth-order valence-electron chi connectivity index (χ4n) is 5.73. The zero-order chi connectivity index (χ0) is 25.9. The predicted octanol–water partition coefficient (Wildman–Crippen LogP) is 5.81. The Morgan fingerprint density at radius 3 is 2.50 bits per heavy atom. The van der Waals surface area contributed by atoms with Crippen molar-refractivity contribution in [3.8, 4) is 11.1 Å². The molecule has 4 aromatic rings. The molecular formula is C28H29ClFN5O. The van der Waals surface area contributed by atoms with E-state index < -0.39 is 5.82 Å². The smallest absolute Gasteiger partial charge is 0.246 e. The van der Waals surface area contributed by atoms with Crippen molar-refractivity contribution in [2.75, 3.05) is 18.0 Å². The number of carbonyl (C=O) groups is 1. The van der Waals surface area contributed by atoms with Crippen LogP contribution in [-0.2, 0) is 11.8 Å². The number of hydrogen-bond donors (Lipinski definition) is 0. The standard InChI is InChI=1S/C28H29ClFN5O/c1-7-22(36)35-17(4)13-34(14-18(35)5)27-16(3)11-31-26-20(27)10-21(29)24(25(26)30)23-15(2)8-9-19-12-32-33(6)28(19)23/h7-12,17-18H,1,13-14H2,2-6H3/t17-,18+. The van der Waals surface area contributed by atoms with Crippen LogP contribution in [0.4, 0.5) is 10.1 Å². The Bertz CT molecular complexity index is 1530. The van der Waals surface area contributed by atoms with Crippen LogP contribution in [-0.4, -0.2) is 50.7 Å². The van der Waals surface area contributed by atoms with Gasteiger partial charge in [0, 0.05) is 60.3 Å². The highest BCUT2D eigenvalue weighted by molar-refractivity contribution is 6.35. The lowest BCUT2D eigenvalue weighted by Gasteiger charge is -2.45. The third-order valence-electron chi connectivity index (χ3n) is 7.23. The van der Waals surface area contributed by atoms with Crippen molar-refractivity contribution in [3.63, 3.8) is 0 Å². The molecule has 0 N–H and O–H groups in total. The second-order valence-corrected chi connectivity index (χ2v) is 10.2. The van der Waals surface area contributed by atoms with E-state index in [1.54, 1.807) is 17.1 Å². The number of halogens is 2. The highest BCUT2D eigenvalue weighted by atomic mass is 35.5. The molecule has 6 nitrogen and oxygen atoms in total. The van der Waals surface area contributed by atoms with Gasteiger partial charge in [0.15, 0.2) is 5.82 Å². The number of hydrogen-bond acceptors (Lipinski definition) is 4. The van der Waals surface area contributed by atoms with Gasteiger partial charge in [-0.15, -0.1) is 0 Å². The Morgan fingerprint density at radius 2 is 1.83 bits per heavy atom. The minimum absolute atomic E-state index is 0.0356. The molecule has 0 spiro atoms. The van der Waals surface area contributed by atoms with Crippen molar-refractivity contribution in [1.82, 2.24) is 19.7 Å². The minimum atomic E-state index is -0.447. The summed E-state index contributed by atoms with van der Waals surface area (Å²) in [6.45, 7) is 12.8. The van der Waals surface area contributed by atoms with Gasteiger partial charge in [0.25, 0.3) is 0 Å². The summed E-state index contributed by atoms with van der Waals surface area (Å²) >= 11 is 6.86. The number of fused-ring (bicyclic) bond motifs is 2. The van der Waals surface area contributed by atoms with E-state index in [1.165, 1.54) is 6.08 Å². The van der Waals surface area contributed by atoms with Gasteiger partial charge in [0.05, 0.1) is 22.4 Å². The number of rotatable bonds is 3. The van der Waals surface area contributed by atoms with Gasteiger partial charge in [-0.05, 0) is 51.0 Å². The first-order valence-electron chi connectivity index (χ1n) is 12.0. The maximum atomic E-state index is 16.3. The summed E-state index contributed by atoms with van der Waals surface area (Å²) in [5.74, 6) is -0.526. The molecule has 3 heterocycles. The molecule has 0 saturated carbocycles. The fraction of sp³-hybridized carbons (Fsp3) is 0.321.